The molecular formula is C42H46N4. The summed E-state index contributed by atoms with van der Waals surface area (Å²) < 4.78 is 0. The van der Waals surface area contributed by atoms with Crippen molar-refractivity contribution in [2.24, 2.45) is 0 Å². The molecule has 0 saturated carbocycles. The van der Waals surface area contributed by atoms with Gasteiger partial charge < -0.3 is 19.6 Å². The van der Waals surface area contributed by atoms with E-state index in [9.17, 15) is 0 Å². The molecule has 0 aliphatic heterocycles. The minimum absolute atomic E-state index is 1.15. The SMILES string of the molecule is CN(C)c1ccc(C(=Cc2cccc(C=C(c3ccc(N(C)C)cc3)c3ccc(N(C)C)cc3)c2)c2ccc(N(C)C)cc2)cc1. The van der Waals surface area contributed by atoms with Gasteiger partial charge in [0, 0.05) is 79.1 Å². The predicted octanol–water partition coefficient (Wildman–Crippen LogP) is 9.13. The van der Waals surface area contributed by atoms with E-state index in [2.05, 4.69) is 209 Å². The molecule has 0 heterocycles. The molecule has 0 atom stereocenters. The van der Waals surface area contributed by atoms with E-state index in [1.807, 2.05) is 0 Å². The van der Waals surface area contributed by atoms with Crippen LogP contribution in [0.2, 0.25) is 0 Å². The lowest BCUT2D eigenvalue weighted by Gasteiger charge is -2.17. The van der Waals surface area contributed by atoms with Crippen molar-refractivity contribution in [3.05, 3.63) is 155 Å². The van der Waals surface area contributed by atoms with Gasteiger partial charge in [-0.1, -0.05) is 66.7 Å². The smallest absolute Gasteiger partial charge is 0.0361 e. The second-order valence-corrected chi connectivity index (χ2v) is 12.6. The van der Waals surface area contributed by atoms with Crippen LogP contribution in [0.4, 0.5) is 22.7 Å². The van der Waals surface area contributed by atoms with Crippen molar-refractivity contribution in [3.63, 3.8) is 0 Å². The zero-order chi connectivity index (χ0) is 32.8. The van der Waals surface area contributed by atoms with Gasteiger partial charge in [0.2, 0.25) is 0 Å². The second kappa shape index (κ2) is 14.3. The minimum atomic E-state index is 1.15. The van der Waals surface area contributed by atoms with Crippen molar-refractivity contribution in [1.29, 1.82) is 0 Å². The molecule has 0 bridgehead atoms. The summed E-state index contributed by atoms with van der Waals surface area (Å²) in [5.74, 6) is 0. The number of hydrogen-bond acceptors (Lipinski definition) is 4. The van der Waals surface area contributed by atoms with Crippen LogP contribution in [0.3, 0.4) is 0 Å². The Kier molecular flexibility index (Phi) is 9.97. The fourth-order valence-electron chi connectivity index (χ4n) is 5.50. The van der Waals surface area contributed by atoms with Crippen molar-refractivity contribution in [2.45, 2.75) is 0 Å². The molecule has 234 valence electrons. The van der Waals surface area contributed by atoms with Crippen LogP contribution in [-0.2, 0) is 0 Å². The molecule has 0 aromatic heterocycles. The van der Waals surface area contributed by atoms with Gasteiger partial charge in [-0.2, -0.15) is 0 Å². The Hall–Kier alpha value is -5.22. The summed E-state index contributed by atoms with van der Waals surface area (Å²) in [7, 11) is 16.6. The highest BCUT2D eigenvalue weighted by atomic mass is 15.1. The maximum atomic E-state index is 2.31. The molecule has 46 heavy (non-hydrogen) atoms. The summed E-state index contributed by atoms with van der Waals surface area (Å²) in [5.41, 5.74) is 14.2. The monoisotopic (exact) mass is 606 g/mol. The molecule has 4 nitrogen and oxygen atoms in total. The third-order valence-corrected chi connectivity index (χ3v) is 8.31. The average molecular weight is 607 g/mol. The van der Waals surface area contributed by atoms with Crippen LogP contribution in [0.5, 0.6) is 0 Å². The van der Waals surface area contributed by atoms with E-state index in [1.165, 1.54) is 56.1 Å². The molecule has 0 radical (unpaired) electrons. The van der Waals surface area contributed by atoms with Crippen LogP contribution in [-0.4, -0.2) is 56.4 Å². The van der Waals surface area contributed by atoms with Gasteiger partial charge in [0.1, 0.15) is 0 Å². The second-order valence-electron chi connectivity index (χ2n) is 12.6. The summed E-state index contributed by atoms with van der Waals surface area (Å²) in [5, 5.41) is 0. The molecule has 0 N–H and O–H groups in total. The normalized spacial score (nSPS) is 10.6. The van der Waals surface area contributed by atoms with E-state index in [0.717, 1.165) is 11.1 Å². The molecule has 0 unspecified atom stereocenters. The van der Waals surface area contributed by atoms with Gasteiger partial charge in [-0.15, -0.1) is 0 Å². The fourth-order valence-corrected chi connectivity index (χ4v) is 5.50. The third-order valence-electron chi connectivity index (χ3n) is 8.31. The van der Waals surface area contributed by atoms with Gasteiger partial charge in [-0.3, -0.25) is 0 Å². The van der Waals surface area contributed by atoms with E-state index >= 15 is 0 Å². The van der Waals surface area contributed by atoms with Crippen LogP contribution in [0.15, 0.2) is 121 Å². The van der Waals surface area contributed by atoms with Crippen LogP contribution < -0.4 is 19.6 Å². The molecule has 0 saturated heterocycles. The Bertz CT molecular complexity index is 1550. The maximum absolute atomic E-state index is 2.31. The quantitative estimate of drug-likeness (QED) is 0.147. The number of anilines is 4. The largest absolute Gasteiger partial charge is 0.378 e. The standard InChI is InChI=1S/C42H46N4/c1-43(2)37-20-12-33(13-21-37)41(34-14-22-38(23-15-34)44(3)4)29-31-10-9-11-32(28-31)30-42(35-16-24-39(25-17-35)45(5)6)36-18-26-40(27-19-36)46(7)8/h9-30H,1-8H3. The average Bonchev–Trinajstić information content (AvgIpc) is 3.06. The molecule has 0 spiro atoms. The van der Waals surface area contributed by atoms with E-state index < -0.39 is 0 Å². The fraction of sp³-hybridized carbons (Fsp3) is 0.190. The summed E-state index contributed by atoms with van der Waals surface area (Å²) in [6.07, 6.45) is 4.62. The predicted molar refractivity (Wildman–Crippen MR) is 203 cm³/mol. The highest BCUT2D eigenvalue weighted by molar-refractivity contribution is 5.94. The van der Waals surface area contributed by atoms with Crippen LogP contribution >= 0.6 is 0 Å². The Morgan fingerprint density at radius 1 is 0.348 bits per heavy atom. The Balaban J connectivity index is 1.60. The lowest BCUT2D eigenvalue weighted by molar-refractivity contribution is 1.13. The van der Waals surface area contributed by atoms with Gasteiger partial charge in [0.05, 0.1) is 0 Å². The van der Waals surface area contributed by atoms with Gasteiger partial charge in [0.25, 0.3) is 0 Å². The lowest BCUT2D eigenvalue weighted by atomic mass is 9.93. The Morgan fingerprint density at radius 2 is 0.587 bits per heavy atom. The minimum Gasteiger partial charge on any atom is -0.378 e. The zero-order valence-corrected chi connectivity index (χ0v) is 28.5. The first kappa shape index (κ1) is 32.2. The Morgan fingerprint density at radius 3 is 0.804 bits per heavy atom. The first-order chi connectivity index (χ1) is 22.1. The summed E-state index contributed by atoms with van der Waals surface area (Å²) in [6, 6.07) is 44.1. The number of rotatable bonds is 10. The van der Waals surface area contributed by atoms with Crippen LogP contribution in [0.1, 0.15) is 33.4 Å². The van der Waals surface area contributed by atoms with Crippen molar-refractivity contribution in [3.8, 4) is 0 Å². The van der Waals surface area contributed by atoms with Crippen LogP contribution in [0, 0.1) is 0 Å². The van der Waals surface area contributed by atoms with Crippen LogP contribution in [0.25, 0.3) is 23.3 Å². The van der Waals surface area contributed by atoms with E-state index in [-0.39, 0.29) is 0 Å². The highest BCUT2D eigenvalue weighted by Gasteiger charge is 2.10. The van der Waals surface area contributed by atoms with Gasteiger partial charge >= 0.3 is 0 Å². The molecule has 0 amide bonds. The number of hydrogen-bond donors (Lipinski definition) is 0. The highest BCUT2D eigenvalue weighted by Crippen LogP contribution is 2.32. The van der Waals surface area contributed by atoms with Crippen molar-refractivity contribution in [1.82, 2.24) is 0 Å². The molecule has 5 aromatic rings. The molecule has 0 aliphatic rings. The van der Waals surface area contributed by atoms with E-state index in [1.54, 1.807) is 0 Å². The number of benzene rings is 5. The summed E-state index contributed by atoms with van der Waals surface area (Å²) in [6.45, 7) is 0. The lowest BCUT2D eigenvalue weighted by Crippen LogP contribution is -2.08. The van der Waals surface area contributed by atoms with Crippen molar-refractivity contribution in [2.75, 3.05) is 76.0 Å². The third kappa shape index (κ3) is 7.70. The first-order valence-corrected chi connectivity index (χ1v) is 15.7. The summed E-state index contributed by atoms with van der Waals surface area (Å²) >= 11 is 0. The molecule has 4 heteroatoms. The zero-order valence-electron chi connectivity index (χ0n) is 28.5. The van der Waals surface area contributed by atoms with Crippen molar-refractivity contribution < 1.29 is 0 Å². The van der Waals surface area contributed by atoms with Gasteiger partial charge in [-0.25, -0.2) is 0 Å². The Labute approximate surface area is 276 Å². The van der Waals surface area contributed by atoms with Crippen molar-refractivity contribution >= 4 is 46.0 Å². The summed E-state index contributed by atoms with van der Waals surface area (Å²) in [4.78, 5) is 8.53. The maximum Gasteiger partial charge on any atom is 0.0361 e. The molecular weight excluding hydrogens is 560 g/mol. The van der Waals surface area contributed by atoms with Gasteiger partial charge in [-0.05, 0) is 111 Å². The first-order valence-electron chi connectivity index (χ1n) is 15.7. The van der Waals surface area contributed by atoms with Gasteiger partial charge in [0.15, 0.2) is 0 Å². The molecule has 0 fully saturated rings. The molecule has 5 rings (SSSR count). The van der Waals surface area contributed by atoms with E-state index in [0.29, 0.717) is 0 Å². The topological polar surface area (TPSA) is 13.0 Å². The molecule has 0 aliphatic carbocycles. The van der Waals surface area contributed by atoms with E-state index in [4.69, 9.17) is 0 Å². The number of nitrogens with zero attached hydrogens (tertiary/aromatic N) is 4. The molecule has 5 aromatic carbocycles.